The molecule has 2 rings (SSSR count). The van der Waals surface area contributed by atoms with Gasteiger partial charge in [-0.3, -0.25) is 10.2 Å². The van der Waals surface area contributed by atoms with Gasteiger partial charge >= 0.3 is 6.03 Å². The molecule has 3 amide bonds. The minimum Gasteiger partial charge on any atom is -0.336 e. The molecule has 0 atom stereocenters. The van der Waals surface area contributed by atoms with E-state index in [0.29, 0.717) is 12.1 Å². The van der Waals surface area contributed by atoms with Crippen LogP contribution in [0.4, 0.5) is 4.79 Å². The van der Waals surface area contributed by atoms with Crippen molar-refractivity contribution < 1.29 is 9.59 Å². The lowest BCUT2D eigenvalue weighted by Gasteiger charge is -2.32. The Kier molecular flexibility index (Phi) is 6.57. The molecule has 24 heavy (non-hydrogen) atoms. The summed E-state index contributed by atoms with van der Waals surface area (Å²) in [5, 5.41) is 7.51. The molecule has 1 aromatic carbocycles. The Morgan fingerprint density at radius 1 is 1.08 bits per heavy atom. The number of hydrogen-bond acceptors (Lipinski definition) is 4. The van der Waals surface area contributed by atoms with Crippen LogP contribution in [0.5, 0.6) is 0 Å². The predicted octanol–water partition coefficient (Wildman–Crippen LogP) is 0.786. The topological polar surface area (TPSA) is 76.7 Å². The molecule has 132 valence electrons. The minimum atomic E-state index is -0.193. The van der Waals surface area contributed by atoms with Crippen molar-refractivity contribution in [2.45, 2.75) is 26.4 Å². The molecule has 7 nitrogen and oxygen atoms in total. The fourth-order valence-corrected chi connectivity index (χ4v) is 2.40. The van der Waals surface area contributed by atoms with Crippen LogP contribution in [0.3, 0.4) is 0 Å². The maximum atomic E-state index is 12.2. The summed E-state index contributed by atoms with van der Waals surface area (Å²) >= 11 is 0. The van der Waals surface area contributed by atoms with E-state index in [1.54, 1.807) is 12.1 Å². The highest BCUT2D eigenvalue weighted by Gasteiger charge is 2.16. The number of urea groups is 1. The zero-order valence-corrected chi connectivity index (χ0v) is 14.6. The number of piperazine rings is 1. The number of carbonyl (C=O) groups is 2. The van der Waals surface area contributed by atoms with Crippen LogP contribution in [0.1, 0.15) is 29.8 Å². The average molecular weight is 333 g/mol. The van der Waals surface area contributed by atoms with Crippen LogP contribution in [0.25, 0.3) is 0 Å². The molecule has 0 unspecified atom stereocenters. The normalized spacial score (nSPS) is 16.0. The fraction of sp³-hybridized carbons (Fsp3) is 0.529. The molecule has 1 aliphatic heterocycles. The third-order valence-electron chi connectivity index (χ3n) is 3.85. The first-order valence-corrected chi connectivity index (χ1v) is 8.32. The number of rotatable bonds is 5. The fourth-order valence-electron chi connectivity index (χ4n) is 2.40. The summed E-state index contributed by atoms with van der Waals surface area (Å²) < 4.78 is 0. The lowest BCUT2D eigenvalue weighted by atomic mass is 10.1. The number of benzene rings is 1. The molecule has 3 N–H and O–H groups in total. The second-order valence-corrected chi connectivity index (χ2v) is 6.41. The van der Waals surface area contributed by atoms with Gasteiger partial charge in [0.05, 0.1) is 0 Å². The SMILES string of the molecule is CC(C)NC(=O)NCc1ccc(C(=O)NN2CCN(C)CC2)cc1. The van der Waals surface area contributed by atoms with Crippen molar-refractivity contribution >= 4 is 11.9 Å². The second-order valence-electron chi connectivity index (χ2n) is 6.41. The van der Waals surface area contributed by atoms with Gasteiger partial charge in [0, 0.05) is 44.3 Å². The molecule has 1 saturated heterocycles. The van der Waals surface area contributed by atoms with Crippen LogP contribution in [-0.2, 0) is 6.54 Å². The third kappa shape index (κ3) is 5.82. The first kappa shape index (κ1) is 18.2. The Balaban J connectivity index is 1.80. The molecule has 7 heteroatoms. The minimum absolute atomic E-state index is 0.100. The van der Waals surface area contributed by atoms with Gasteiger partial charge in [-0.05, 0) is 38.6 Å². The lowest BCUT2D eigenvalue weighted by molar-refractivity contribution is 0.0662. The van der Waals surface area contributed by atoms with Crippen molar-refractivity contribution in [3.63, 3.8) is 0 Å². The zero-order valence-electron chi connectivity index (χ0n) is 14.6. The van der Waals surface area contributed by atoms with Gasteiger partial charge in [-0.25, -0.2) is 9.80 Å². The van der Waals surface area contributed by atoms with Crippen molar-refractivity contribution in [3.05, 3.63) is 35.4 Å². The van der Waals surface area contributed by atoms with E-state index in [1.165, 1.54) is 0 Å². The number of hydrogen-bond donors (Lipinski definition) is 3. The quantitative estimate of drug-likeness (QED) is 0.744. The molecular formula is C17H27N5O2. The van der Waals surface area contributed by atoms with Crippen molar-refractivity contribution in [3.8, 4) is 0 Å². The maximum absolute atomic E-state index is 12.2. The van der Waals surface area contributed by atoms with Crippen LogP contribution >= 0.6 is 0 Å². The number of likely N-dealkylation sites (N-methyl/N-ethyl adjacent to an activating group) is 1. The molecule has 0 radical (unpaired) electrons. The predicted molar refractivity (Wildman–Crippen MR) is 93.5 cm³/mol. The number of hydrazine groups is 1. The van der Waals surface area contributed by atoms with Crippen molar-refractivity contribution in [1.82, 2.24) is 26.0 Å². The van der Waals surface area contributed by atoms with E-state index in [0.717, 1.165) is 31.7 Å². The van der Waals surface area contributed by atoms with E-state index in [2.05, 4.69) is 28.0 Å². The summed E-state index contributed by atoms with van der Waals surface area (Å²) in [6.07, 6.45) is 0. The van der Waals surface area contributed by atoms with Crippen LogP contribution in [0.15, 0.2) is 24.3 Å². The number of nitrogens with one attached hydrogen (secondary N) is 3. The van der Waals surface area contributed by atoms with Gasteiger partial charge in [0.2, 0.25) is 0 Å². The summed E-state index contributed by atoms with van der Waals surface area (Å²) in [4.78, 5) is 26.0. The van der Waals surface area contributed by atoms with Gasteiger partial charge in [-0.2, -0.15) is 0 Å². The molecule has 0 aromatic heterocycles. The largest absolute Gasteiger partial charge is 0.336 e. The maximum Gasteiger partial charge on any atom is 0.315 e. The van der Waals surface area contributed by atoms with Gasteiger partial charge in [-0.1, -0.05) is 12.1 Å². The van der Waals surface area contributed by atoms with Gasteiger partial charge < -0.3 is 15.5 Å². The molecule has 1 aliphatic rings. The average Bonchev–Trinajstić information content (AvgIpc) is 2.55. The standard InChI is InChI=1S/C17H27N5O2/c1-13(2)19-17(24)18-12-14-4-6-15(7-5-14)16(23)20-22-10-8-21(3)9-11-22/h4-7,13H,8-12H2,1-3H3,(H,20,23)(H2,18,19,24). The van der Waals surface area contributed by atoms with Crippen molar-refractivity contribution in [1.29, 1.82) is 0 Å². The van der Waals surface area contributed by atoms with Crippen molar-refractivity contribution in [2.24, 2.45) is 0 Å². The smallest absolute Gasteiger partial charge is 0.315 e. The van der Waals surface area contributed by atoms with Crippen molar-refractivity contribution in [2.75, 3.05) is 33.2 Å². The Morgan fingerprint density at radius 3 is 2.29 bits per heavy atom. The summed E-state index contributed by atoms with van der Waals surface area (Å²) in [5.74, 6) is -0.100. The highest BCUT2D eigenvalue weighted by atomic mass is 16.2. The number of nitrogens with zero attached hydrogens (tertiary/aromatic N) is 2. The second kappa shape index (κ2) is 8.65. The first-order chi connectivity index (χ1) is 11.4. The molecule has 0 saturated carbocycles. The van der Waals surface area contributed by atoms with E-state index in [1.807, 2.05) is 31.0 Å². The molecule has 1 aromatic rings. The summed E-state index contributed by atoms with van der Waals surface area (Å²) in [5.41, 5.74) is 4.50. The Bertz CT molecular complexity index is 551. The molecule has 0 aliphatic carbocycles. The molecular weight excluding hydrogens is 306 g/mol. The Hall–Kier alpha value is -2.12. The van der Waals surface area contributed by atoms with Gasteiger partial charge in [0.25, 0.3) is 5.91 Å². The summed E-state index contributed by atoms with van der Waals surface area (Å²) in [7, 11) is 2.08. The van der Waals surface area contributed by atoms with Gasteiger partial charge in [0.1, 0.15) is 0 Å². The van der Waals surface area contributed by atoms with Crippen LogP contribution in [-0.4, -0.2) is 61.1 Å². The Labute approximate surface area is 143 Å². The van der Waals surface area contributed by atoms with E-state index in [4.69, 9.17) is 0 Å². The van der Waals surface area contributed by atoms with Crippen LogP contribution in [0, 0.1) is 0 Å². The summed E-state index contributed by atoms with van der Waals surface area (Å²) in [6.45, 7) is 7.80. The van der Waals surface area contributed by atoms with Gasteiger partial charge in [0.15, 0.2) is 0 Å². The van der Waals surface area contributed by atoms with Crippen LogP contribution < -0.4 is 16.1 Å². The molecule has 1 heterocycles. The Morgan fingerprint density at radius 2 is 1.71 bits per heavy atom. The first-order valence-electron chi connectivity index (χ1n) is 8.32. The molecule has 1 fully saturated rings. The molecule has 0 bridgehead atoms. The van der Waals surface area contributed by atoms with E-state index in [9.17, 15) is 9.59 Å². The highest BCUT2D eigenvalue weighted by Crippen LogP contribution is 2.05. The number of amides is 3. The summed E-state index contributed by atoms with van der Waals surface area (Å²) in [6, 6.07) is 7.18. The number of carbonyl (C=O) groups excluding carboxylic acids is 2. The molecule has 0 spiro atoms. The van der Waals surface area contributed by atoms with E-state index in [-0.39, 0.29) is 18.0 Å². The highest BCUT2D eigenvalue weighted by molar-refractivity contribution is 5.93. The van der Waals surface area contributed by atoms with E-state index >= 15 is 0 Å². The third-order valence-corrected chi connectivity index (χ3v) is 3.85. The monoisotopic (exact) mass is 333 g/mol. The van der Waals surface area contributed by atoms with Crippen LogP contribution in [0.2, 0.25) is 0 Å². The lowest BCUT2D eigenvalue weighted by Crippen LogP contribution is -2.52. The zero-order chi connectivity index (χ0) is 17.5. The van der Waals surface area contributed by atoms with E-state index < -0.39 is 0 Å². The van der Waals surface area contributed by atoms with Gasteiger partial charge in [-0.15, -0.1) is 0 Å².